The second-order valence-electron chi connectivity index (χ2n) is 3.56. The number of rotatable bonds is 6. The number of hydrogen-bond donors (Lipinski definition) is 1. The number of thioether (sulfide) groups is 1. The molecular weight excluding hydrogens is 206 g/mol. The predicted octanol–water partition coefficient (Wildman–Crippen LogP) is 2.81. The minimum Gasteiger partial charge on any atom is -0.367 e. The fourth-order valence-corrected chi connectivity index (χ4v) is 2.30. The minimum absolute atomic E-state index is 0.317. The average molecular weight is 225 g/mol. The number of anilines is 1. The Kier molecular flexibility index (Phi) is 4.88. The molecule has 0 unspecified atom stereocenters. The van der Waals surface area contributed by atoms with Crippen molar-refractivity contribution in [3.8, 4) is 0 Å². The highest BCUT2D eigenvalue weighted by atomic mass is 32.2. The van der Waals surface area contributed by atoms with Crippen molar-refractivity contribution in [3.63, 3.8) is 0 Å². The van der Waals surface area contributed by atoms with Gasteiger partial charge in [-0.15, -0.1) is 5.10 Å². The van der Waals surface area contributed by atoms with E-state index in [1.165, 1.54) is 0 Å². The maximum atomic E-state index is 4.01. The van der Waals surface area contributed by atoms with Crippen LogP contribution in [0.4, 0.5) is 5.82 Å². The van der Waals surface area contributed by atoms with E-state index < -0.39 is 0 Å². The van der Waals surface area contributed by atoms with E-state index in [9.17, 15) is 0 Å². The van der Waals surface area contributed by atoms with Gasteiger partial charge in [-0.3, -0.25) is 0 Å². The third-order valence-corrected chi connectivity index (χ3v) is 4.47. The molecule has 0 spiro atoms. The Morgan fingerprint density at radius 2 is 2.13 bits per heavy atom. The topological polar surface area (TPSA) is 37.8 Å². The van der Waals surface area contributed by atoms with Crippen LogP contribution in [0.2, 0.25) is 0 Å². The molecule has 1 N–H and O–H groups in total. The van der Waals surface area contributed by atoms with Crippen molar-refractivity contribution in [2.24, 2.45) is 0 Å². The largest absolute Gasteiger partial charge is 0.367 e. The molecule has 15 heavy (non-hydrogen) atoms. The smallest absolute Gasteiger partial charge is 0.148 e. The Labute approximate surface area is 96.1 Å². The minimum atomic E-state index is 0.317. The SMILES string of the molecule is CCC(CC)(CNc1cccnn1)SC. The molecule has 4 heteroatoms. The summed E-state index contributed by atoms with van der Waals surface area (Å²) in [4.78, 5) is 0. The number of hydrogen-bond acceptors (Lipinski definition) is 4. The van der Waals surface area contributed by atoms with Crippen molar-refractivity contribution in [1.29, 1.82) is 0 Å². The zero-order chi connectivity index (χ0) is 11.1. The molecule has 0 aliphatic rings. The molecule has 1 heterocycles. The zero-order valence-electron chi connectivity index (χ0n) is 9.66. The fraction of sp³-hybridized carbons (Fsp3) is 0.636. The first-order valence-corrected chi connectivity index (χ1v) is 6.55. The summed E-state index contributed by atoms with van der Waals surface area (Å²) in [5.41, 5.74) is 0. The molecule has 0 radical (unpaired) electrons. The fourth-order valence-electron chi connectivity index (χ4n) is 1.51. The van der Waals surface area contributed by atoms with Crippen molar-refractivity contribution >= 4 is 17.6 Å². The highest BCUT2D eigenvalue weighted by Crippen LogP contribution is 2.30. The van der Waals surface area contributed by atoms with Crippen LogP contribution in [0.15, 0.2) is 18.3 Å². The van der Waals surface area contributed by atoms with Gasteiger partial charge < -0.3 is 5.32 Å². The first kappa shape index (κ1) is 12.3. The van der Waals surface area contributed by atoms with E-state index in [-0.39, 0.29) is 0 Å². The van der Waals surface area contributed by atoms with E-state index in [0.717, 1.165) is 25.2 Å². The molecule has 0 atom stereocenters. The quantitative estimate of drug-likeness (QED) is 0.808. The molecule has 0 amide bonds. The summed E-state index contributed by atoms with van der Waals surface area (Å²) in [5, 5.41) is 11.2. The van der Waals surface area contributed by atoms with Crippen LogP contribution in [0.3, 0.4) is 0 Å². The molecule has 0 saturated carbocycles. The van der Waals surface area contributed by atoms with Gasteiger partial charge in [0.25, 0.3) is 0 Å². The van der Waals surface area contributed by atoms with E-state index in [0.29, 0.717) is 4.75 Å². The molecule has 0 aliphatic carbocycles. The maximum absolute atomic E-state index is 4.01. The Balaban J connectivity index is 2.54. The molecule has 0 aliphatic heterocycles. The highest BCUT2D eigenvalue weighted by molar-refractivity contribution is 8.00. The molecule has 3 nitrogen and oxygen atoms in total. The third-order valence-electron chi connectivity index (χ3n) is 2.89. The van der Waals surface area contributed by atoms with Gasteiger partial charge in [-0.05, 0) is 31.2 Å². The van der Waals surface area contributed by atoms with Gasteiger partial charge >= 0.3 is 0 Å². The highest BCUT2D eigenvalue weighted by Gasteiger charge is 2.24. The van der Waals surface area contributed by atoms with Gasteiger partial charge in [-0.25, -0.2) is 0 Å². The first-order valence-electron chi connectivity index (χ1n) is 5.33. The lowest BCUT2D eigenvalue weighted by Gasteiger charge is -2.29. The number of aromatic nitrogens is 2. The van der Waals surface area contributed by atoms with E-state index in [1.807, 2.05) is 23.9 Å². The second kappa shape index (κ2) is 5.95. The third kappa shape index (κ3) is 3.38. The van der Waals surface area contributed by atoms with Gasteiger partial charge in [0, 0.05) is 17.5 Å². The molecular formula is C11H19N3S. The summed E-state index contributed by atoms with van der Waals surface area (Å²) in [6.07, 6.45) is 6.19. The molecule has 1 rings (SSSR count). The van der Waals surface area contributed by atoms with E-state index >= 15 is 0 Å². The lowest BCUT2D eigenvalue weighted by atomic mass is 10.0. The van der Waals surface area contributed by atoms with Gasteiger partial charge in [-0.2, -0.15) is 16.9 Å². The lowest BCUT2D eigenvalue weighted by molar-refractivity contribution is 0.573. The summed E-state index contributed by atoms with van der Waals surface area (Å²) < 4.78 is 0.317. The van der Waals surface area contributed by atoms with E-state index in [2.05, 4.69) is 35.6 Å². The summed E-state index contributed by atoms with van der Waals surface area (Å²) in [6, 6.07) is 3.84. The Morgan fingerprint density at radius 1 is 1.40 bits per heavy atom. The van der Waals surface area contributed by atoms with E-state index in [4.69, 9.17) is 0 Å². The summed E-state index contributed by atoms with van der Waals surface area (Å²) in [6.45, 7) is 5.41. The molecule has 1 aromatic rings. The number of nitrogens with zero attached hydrogens (tertiary/aromatic N) is 2. The van der Waals surface area contributed by atoms with Gasteiger partial charge in [0.2, 0.25) is 0 Å². The summed E-state index contributed by atoms with van der Waals surface area (Å²) >= 11 is 1.93. The normalized spacial score (nSPS) is 11.4. The summed E-state index contributed by atoms with van der Waals surface area (Å²) in [5.74, 6) is 0.859. The van der Waals surface area contributed by atoms with E-state index in [1.54, 1.807) is 6.20 Å². The van der Waals surface area contributed by atoms with Crippen LogP contribution in [0.5, 0.6) is 0 Å². The molecule has 0 fully saturated rings. The molecule has 84 valence electrons. The van der Waals surface area contributed by atoms with Gasteiger partial charge in [0.15, 0.2) is 0 Å². The molecule has 1 aromatic heterocycles. The molecule has 0 saturated heterocycles. The van der Waals surface area contributed by atoms with Gasteiger partial charge in [-0.1, -0.05) is 13.8 Å². The van der Waals surface area contributed by atoms with Crippen LogP contribution in [0.1, 0.15) is 26.7 Å². The monoisotopic (exact) mass is 225 g/mol. The molecule has 0 aromatic carbocycles. The van der Waals surface area contributed by atoms with Gasteiger partial charge in [0.1, 0.15) is 5.82 Å². The van der Waals surface area contributed by atoms with Crippen molar-refractivity contribution < 1.29 is 0 Å². The van der Waals surface area contributed by atoms with Crippen LogP contribution in [0.25, 0.3) is 0 Å². The number of nitrogens with one attached hydrogen (secondary N) is 1. The molecule has 0 bridgehead atoms. The van der Waals surface area contributed by atoms with Gasteiger partial charge in [0.05, 0.1) is 0 Å². The van der Waals surface area contributed by atoms with Crippen molar-refractivity contribution in [3.05, 3.63) is 18.3 Å². The van der Waals surface area contributed by atoms with Crippen LogP contribution in [-0.2, 0) is 0 Å². The predicted molar refractivity (Wildman–Crippen MR) is 67.3 cm³/mol. The van der Waals surface area contributed by atoms with Crippen LogP contribution in [-0.4, -0.2) is 27.7 Å². The Bertz CT molecular complexity index is 264. The average Bonchev–Trinajstić information content (AvgIpc) is 2.33. The maximum Gasteiger partial charge on any atom is 0.148 e. The lowest BCUT2D eigenvalue weighted by Crippen LogP contribution is -2.32. The zero-order valence-corrected chi connectivity index (χ0v) is 10.5. The van der Waals surface area contributed by atoms with Crippen LogP contribution < -0.4 is 5.32 Å². The van der Waals surface area contributed by atoms with Crippen molar-refractivity contribution in [2.75, 3.05) is 18.1 Å². The standard InChI is InChI=1S/C11H19N3S/c1-4-11(5-2,15-3)9-12-10-7-6-8-13-14-10/h6-8H,4-5,9H2,1-3H3,(H,12,14). The van der Waals surface area contributed by atoms with Crippen molar-refractivity contribution in [1.82, 2.24) is 10.2 Å². The van der Waals surface area contributed by atoms with Crippen LogP contribution in [0, 0.1) is 0 Å². The van der Waals surface area contributed by atoms with Crippen molar-refractivity contribution in [2.45, 2.75) is 31.4 Å². The Morgan fingerprint density at radius 3 is 2.60 bits per heavy atom. The first-order chi connectivity index (χ1) is 7.26. The summed E-state index contributed by atoms with van der Waals surface area (Å²) in [7, 11) is 0. The Hall–Kier alpha value is -0.770. The van der Waals surface area contributed by atoms with Crippen LogP contribution >= 0.6 is 11.8 Å². The second-order valence-corrected chi connectivity index (χ2v) is 4.83.